The van der Waals surface area contributed by atoms with Crippen molar-refractivity contribution in [1.29, 1.82) is 0 Å². The van der Waals surface area contributed by atoms with Crippen LogP contribution in [0.4, 0.5) is 11.8 Å². The van der Waals surface area contributed by atoms with Gasteiger partial charge in [0.15, 0.2) is 0 Å². The van der Waals surface area contributed by atoms with E-state index in [1.54, 1.807) is 11.3 Å². The second-order valence-corrected chi connectivity index (χ2v) is 5.29. The molecule has 92 valence electrons. The summed E-state index contributed by atoms with van der Waals surface area (Å²) >= 11 is 1.64. The standard InChI is InChI=1S/C12H18N4S/c1-8(2)4-6-14-10-9-5-7-17-11(9)16-12(13-3)15-10/h5,7-8H,4,6H2,1-3H3,(H2,13,14,15,16). The van der Waals surface area contributed by atoms with Crippen molar-refractivity contribution in [2.24, 2.45) is 5.92 Å². The molecule has 0 fully saturated rings. The first-order chi connectivity index (χ1) is 8.20. The minimum atomic E-state index is 0.673. The van der Waals surface area contributed by atoms with Gasteiger partial charge in [0.1, 0.15) is 10.6 Å². The van der Waals surface area contributed by atoms with Gasteiger partial charge >= 0.3 is 0 Å². The fraction of sp³-hybridized carbons (Fsp3) is 0.500. The average Bonchev–Trinajstić information content (AvgIpc) is 2.76. The van der Waals surface area contributed by atoms with Crippen LogP contribution >= 0.6 is 11.3 Å². The molecule has 4 nitrogen and oxygen atoms in total. The van der Waals surface area contributed by atoms with Crippen molar-refractivity contribution in [3.05, 3.63) is 11.4 Å². The SMILES string of the molecule is CNc1nc(NCCC(C)C)c2ccsc2n1. The molecule has 0 atom stereocenters. The van der Waals surface area contributed by atoms with Gasteiger partial charge < -0.3 is 10.6 Å². The maximum absolute atomic E-state index is 4.46. The first kappa shape index (κ1) is 12.1. The molecular weight excluding hydrogens is 232 g/mol. The topological polar surface area (TPSA) is 49.8 Å². The Morgan fingerprint density at radius 3 is 2.88 bits per heavy atom. The number of aromatic nitrogens is 2. The summed E-state index contributed by atoms with van der Waals surface area (Å²) in [6.07, 6.45) is 1.14. The molecule has 2 N–H and O–H groups in total. The molecule has 17 heavy (non-hydrogen) atoms. The summed E-state index contributed by atoms with van der Waals surface area (Å²) in [6.45, 7) is 5.39. The van der Waals surface area contributed by atoms with Gasteiger partial charge in [-0.25, -0.2) is 4.98 Å². The molecule has 0 unspecified atom stereocenters. The van der Waals surface area contributed by atoms with Gasteiger partial charge in [0.05, 0.1) is 5.39 Å². The number of hydrogen-bond acceptors (Lipinski definition) is 5. The first-order valence-electron chi connectivity index (χ1n) is 5.87. The Bertz CT molecular complexity index is 492. The fourth-order valence-corrected chi connectivity index (χ4v) is 2.35. The molecule has 0 aliphatic carbocycles. The zero-order valence-electron chi connectivity index (χ0n) is 10.4. The van der Waals surface area contributed by atoms with E-state index in [-0.39, 0.29) is 0 Å². The third-order valence-corrected chi connectivity index (χ3v) is 3.37. The number of anilines is 2. The quantitative estimate of drug-likeness (QED) is 0.855. The van der Waals surface area contributed by atoms with Gasteiger partial charge in [-0.2, -0.15) is 4.98 Å². The third-order valence-electron chi connectivity index (χ3n) is 2.56. The van der Waals surface area contributed by atoms with Crippen LogP contribution in [-0.2, 0) is 0 Å². The maximum Gasteiger partial charge on any atom is 0.225 e. The number of nitrogens with one attached hydrogen (secondary N) is 2. The van der Waals surface area contributed by atoms with Crippen molar-refractivity contribution in [1.82, 2.24) is 9.97 Å². The Hall–Kier alpha value is -1.36. The van der Waals surface area contributed by atoms with Gasteiger partial charge in [-0.3, -0.25) is 0 Å². The summed E-state index contributed by atoms with van der Waals surface area (Å²) in [5, 5.41) is 9.55. The molecule has 2 aromatic rings. The second-order valence-electron chi connectivity index (χ2n) is 4.39. The average molecular weight is 250 g/mol. The largest absolute Gasteiger partial charge is 0.369 e. The summed E-state index contributed by atoms with van der Waals surface area (Å²) in [6, 6.07) is 2.07. The summed E-state index contributed by atoms with van der Waals surface area (Å²) in [5.41, 5.74) is 0. The molecule has 0 aromatic carbocycles. The van der Waals surface area contributed by atoms with Crippen molar-refractivity contribution in [3.63, 3.8) is 0 Å². The molecule has 0 radical (unpaired) electrons. The van der Waals surface area contributed by atoms with Crippen molar-refractivity contribution in [2.45, 2.75) is 20.3 Å². The van der Waals surface area contributed by atoms with E-state index in [1.807, 2.05) is 12.4 Å². The van der Waals surface area contributed by atoms with Crippen LogP contribution in [0.3, 0.4) is 0 Å². The van der Waals surface area contributed by atoms with E-state index < -0.39 is 0 Å². The zero-order chi connectivity index (χ0) is 12.3. The number of hydrogen-bond donors (Lipinski definition) is 2. The van der Waals surface area contributed by atoms with Crippen molar-refractivity contribution < 1.29 is 0 Å². The Morgan fingerprint density at radius 1 is 1.35 bits per heavy atom. The molecule has 0 aliphatic rings. The summed E-state index contributed by atoms with van der Waals surface area (Å²) in [4.78, 5) is 9.90. The highest BCUT2D eigenvalue weighted by molar-refractivity contribution is 7.16. The highest BCUT2D eigenvalue weighted by atomic mass is 32.1. The normalized spacial score (nSPS) is 11.1. The molecule has 2 aromatic heterocycles. The van der Waals surface area contributed by atoms with Crippen LogP contribution in [0.15, 0.2) is 11.4 Å². The Morgan fingerprint density at radius 2 is 2.18 bits per heavy atom. The van der Waals surface area contributed by atoms with Crippen LogP contribution in [0.5, 0.6) is 0 Å². The molecule has 0 saturated carbocycles. The second kappa shape index (κ2) is 5.31. The summed E-state index contributed by atoms with van der Waals surface area (Å²) in [7, 11) is 1.84. The Kier molecular flexibility index (Phi) is 3.78. The van der Waals surface area contributed by atoms with Crippen molar-refractivity contribution >= 4 is 33.3 Å². The van der Waals surface area contributed by atoms with Crippen molar-refractivity contribution in [2.75, 3.05) is 24.2 Å². The van der Waals surface area contributed by atoms with Crippen LogP contribution in [0, 0.1) is 5.92 Å². The van der Waals surface area contributed by atoms with Gasteiger partial charge in [-0.05, 0) is 23.8 Å². The van der Waals surface area contributed by atoms with E-state index in [0.29, 0.717) is 11.9 Å². The van der Waals surface area contributed by atoms with Crippen LogP contribution in [0.25, 0.3) is 10.2 Å². The molecule has 5 heteroatoms. The van der Waals surface area contributed by atoms with E-state index in [2.05, 4.69) is 40.5 Å². The van der Waals surface area contributed by atoms with Crippen molar-refractivity contribution in [3.8, 4) is 0 Å². The maximum atomic E-state index is 4.46. The molecule has 2 heterocycles. The van der Waals surface area contributed by atoms with Gasteiger partial charge in [-0.15, -0.1) is 11.3 Å². The molecule has 0 amide bonds. The molecule has 0 aliphatic heterocycles. The summed E-state index contributed by atoms with van der Waals surface area (Å²) < 4.78 is 0. The van der Waals surface area contributed by atoms with E-state index in [1.165, 1.54) is 0 Å². The molecule has 0 bridgehead atoms. The minimum absolute atomic E-state index is 0.673. The highest BCUT2D eigenvalue weighted by Crippen LogP contribution is 2.26. The Balaban J connectivity index is 2.21. The van der Waals surface area contributed by atoms with E-state index in [0.717, 1.165) is 29.0 Å². The van der Waals surface area contributed by atoms with Gasteiger partial charge in [0.25, 0.3) is 0 Å². The van der Waals surface area contributed by atoms with Gasteiger partial charge in [0, 0.05) is 13.6 Å². The predicted octanol–water partition coefficient (Wildman–Crippen LogP) is 3.19. The van der Waals surface area contributed by atoms with E-state index in [9.17, 15) is 0 Å². The monoisotopic (exact) mass is 250 g/mol. The first-order valence-corrected chi connectivity index (χ1v) is 6.75. The van der Waals surface area contributed by atoms with Crippen LogP contribution < -0.4 is 10.6 Å². The highest BCUT2D eigenvalue weighted by Gasteiger charge is 2.07. The van der Waals surface area contributed by atoms with E-state index in [4.69, 9.17) is 0 Å². The number of thiophene rings is 1. The lowest BCUT2D eigenvalue weighted by molar-refractivity contribution is 0.607. The lowest BCUT2D eigenvalue weighted by Crippen LogP contribution is -2.08. The Labute approximate surface area is 105 Å². The third kappa shape index (κ3) is 2.85. The predicted molar refractivity (Wildman–Crippen MR) is 74.9 cm³/mol. The minimum Gasteiger partial charge on any atom is -0.369 e. The van der Waals surface area contributed by atoms with Crippen LogP contribution in [0.1, 0.15) is 20.3 Å². The number of nitrogens with zero attached hydrogens (tertiary/aromatic N) is 2. The lowest BCUT2D eigenvalue weighted by Gasteiger charge is -2.09. The molecular formula is C12H18N4S. The van der Waals surface area contributed by atoms with E-state index >= 15 is 0 Å². The zero-order valence-corrected chi connectivity index (χ0v) is 11.3. The smallest absolute Gasteiger partial charge is 0.225 e. The molecule has 0 spiro atoms. The van der Waals surface area contributed by atoms with Gasteiger partial charge in [-0.1, -0.05) is 13.8 Å². The number of fused-ring (bicyclic) bond motifs is 1. The van der Waals surface area contributed by atoms with Crippen LogP contribution in [0.2, 0.25) is 0 Å². The van der Waals surface area contributed by atoms with Crippen LogP contribution in [-0.4, -0.2) is 23.6 Å². The van der Waals surface area contributed by atoms with Gasteiger partial charge in [0.2, 0.25) is 5.95 Å². The molecule has 2 rings (SSSR count). The fourth-order valence-electron chi connectivity index (χ4n) is 1.58. The molecule has 0 saturated heterocycles. The summed E-state index contributed by atoms with van der Waals surface area (Å²) in [5.74, 6) is 2.30. The lowest BCUT2D eigenvalue weighted by atomic mass is 10.1. The number of rotatable bonds is 5.